The summed E-state index contributed by atoms with van der Waals surface area (Å²) in [5.74, 6) is 0.767. The van der Waals surface area contributed by atoms with Crippen LogP contribution in [0.2, 0.25) is 0 Å². The Morgan fingerprint density at radius 2 is 2.23 bits per heavy atom. The van der Waals surface area contributed by atoms with Crippen LogP contribution >= 0.6 is 15.9 Å². The molecule has 0 unspecified atom stereocenters. The molecule has 1 aromatic rings. The number of rotatable bonds is 2. The van der Waals surface area contributed by atoms with Crippen molar-refractivity contribution in [2.24, 2.45) is 7.05 Å². The topological polar surface area (TPSA) is 51.0 Å². The molecule has 5 nitrogen and oxygen atoms in total. The van der Waals surface area contributed by atoms with Crippen LogP contribution in [0.1, 0.15) is 12.7 Å². The summed E-state index contributed by atoms with van der Waals surface area (Å²) in [6.07, 6.45) is 0. The molecule has 0 aliphatic rings. The average Bonchev–Trinajstić information content (AvgIpc) is 2.36. The highest BCUT2D eigenvalue weighted by molar-refractivity contribution is 9.10. The van der Waals surface area contributed by atoms with Crippen molar-refractivity contribution >= 4 is 21.8 Å². The monoisotopic (exact) mass is 246 g/mol. The van der Waals surface area contributed by atoms with E-state index < -0.39 is 0 Å². The molecule has 13 heavy (non-hydrogen) atoms. The fourth-order valence-electron chi connectivity index (χ4n) is 0.801. The van der Waals surface area contributed by atoms with Crippen molar-refractivity contribution in [2.75, 3.05) is 7.05 Å². The third-order valence-electron chi connectivity index (χ3n) is 1.83. The molecular formula is C7H11BrN4O. The first-order chi connectivity index (χ1) is 6.02. The highest BCUT2D eigenvalue weighted by Gasteiger charge is 2.09. The van der Waals surface area contributed by atoms with Crippen LogP contribution in [-0.2, 0) is 18.4 Å². The summed E-state index contributed by atoms with van der Waals surface area (Å²) in [7, 11) is 3.57. The Morgan fingerprint density at radius 3 is 2.62 bits per heavy atom. The van der Waals surface area contributed by atoms with Crippen molar-refractivity contribution in [3.05, 3.63) is 10.6 Å². The summed E-state index contributed by atoms with van der Waals surface area (Å²) in [4.78, 5) is 12.5. The van der Waals surface area contributed by atoms with Crippen LogP contribution in [0.5, 0.6) is 0 Å². The van der Waals surface area contributed by atoms with Crippen LogP contribution in [0.25, 0.3) is 0 Å². The van der Waals surface area contributed by atoms with E-state index in [0.29, 0.717) is 11.3 Å². The number of hydrogen-bond acceptors (Lipinski definition) is 3. The van der Waals surface area contributed by atoms with Crippen LogP contribution in [-0.4, -0.2) is 32.6 Å². The lowest BCUT2D eigenvalue weighted by molar-refractivity contribution is -0.128. The summed E-state index contributed by atoms with van der Waals surface area (Å²) in [5.41, 5.74) is 0. The fourth-order valence-corrected chi connectivity index (χ4v) is 1.08. The van der Waals surface area contributed by atoms with Gasteiger partial charge >= 0.3 is 0 Å². The van der Waals surface area contributed by atoms with E-state index >= 15 is 0 Å². The number of nitrogens with zero attached hydrogens (tertiary/aromatic N) is 4. The molecule has 1 heterocycles. The first-order valence-electron chi connectivity index (χ1n) is 3.78. The minimum atomic E-state index is 0.0131. The molecule has 1 amide bonds. The summed E-state index contributed by atoms with van der Waals surface area (Å²) in [6, 6.07) is 0. The van der Waals surface area contributed by atoms with Gasteiger partial charge in [-0.05, 0) is 15.9 Å². The van der Waals surface area contributed by atoms with E-state index in [4.69, 9.17) is 0 Å². The lowest BCUT2D eigenvalue weighted by Gasteiger charge is -2.13. The first-order valence-corrected chi connectivity index (χ1v) is 4.57. The van der Waals surface area contributed by atoms with Gasteiger partial charge in [-0.25, -0.2) is 0 Å². The van der Waals surface area contributed by atoms with E-state index in [1.807, 2.05) is 7.05 Å². The van der Waals surface area contributed by atoms with Crippen LogP contribution in [0.15, 0.2) is 4.73 Å². The quantitative estimate of drug-likeness (QED) is 0.767. The zero-order chi connectivity index (χ0) is 10.0. The van der Waals surface area contributed by atoms with Crippen molar-refractivity contribution in [3.8, 4) is 0 Å². The first kappa shape index (κ1) is 10.2. The molecule has 0 aromatic carbocycles. The normalized spacial score (nSPS) is 10.2. The molecule has 0 saturated carbocycles. The number of carbonyl (C=O) groups excluding carboxylic acids is 1. The Labute approximate surface area is 84.9 Å². The average molecular weight is 247 g/mol. The second-order valence-corrected chi connectivity index (χ2v) is 3.53. The molecular weight excluding hydrogens is 236 g/mol. The largest absolute Gasteiger partial charge is 0.338 e. The number of carbonyl (C=O) groups is 1. The van der Waals surface area contributed by atoms with E-state index in [9.17, 15) is 4.79 Å². The van der Waals surface area contributed by atoms with Crippen LogP contribution in [0.4, 0.5) is 0 Å². The standard InChI is InChI=1S/C7H11BrN4O/c1-5(13)11(2)4-6-9-10-7(8)12(6)3/h4H2,1-3H3. The zero-order valence-electron chi connectivity index (χ0n) is 7.78. The predicted octanol–water partition coefficient (Wildman–Crippen LogP) is 0.556. The molecule has 0 spiro atoms. The molecule has 0 bridgehead atoms. The van der Waals surface area contributed by atoms with Gasteiger partial charge in [0.1, 0.15) is 0 Å². The molecule has 72 valence electrons. The van der Waals surface area contributed by atoms with E-state index in [-0.39, 0.29) is 5.91 Å². The van der Waals surface area contributed by atoms with Crippen LogP contribution in [0, 0.1) is 0 Å². The summed E-state index contributed by atoms with van der Waals surface area (Å²) >= 11 is 3.23. The minimum Gasteiger partial charge on any atom is -0.338 e. The Morgan fingerprint density at radius 1 is 1.62 bits per heavy atom. The van der Waals surface area contributed by atoms with E-state index in [2.05, 4.69) is 26.1 Å². The lowest BCUT2D eigenvalue weighted by atomic mass is 10.5. The fraction of sp³-hybridized carbons (Fsp3) is 0.571. The number of amides is 1. The molecule has 0 radical (unpaired) electrons. The van der Waals surface area contributed by atoms with Gasteiger partial charge in [0.05, 0.1) is 6.54 Å². The van der Waals surface area contributed by atoms with E-state index in [1.165, 1.54) is 6.92 Å². The second-order valence-electron chi connectivity index (χ2n) is 2.82. The van der Waals surface area contributed by atoms with Crippen molar-refractivity contribution in [3.63, 3.8) is 0 Å². The van der Waals surface area contributed by atoms with Gasteiger partial charge in [0, 0.05) is 21.0 Å². The van der Waals surface area contributed by atoms with Crippen molar-refractivity contribution < 1.29 is 4.79 Å². The maximum absolute atomic E-state index is 10.9. The molecule has 0 aliphatic heterocycles. The zero-order valence-corrected chi connectivity index (χ0v) is 9.37. The summed E-state index contributed by atoms with van der Waals surface area (Å²) in [6.45, 7) is 2.00. The van der Waals surface area contributed by atoms with Gasteiger partial charge in [-0.2, -0.15) is 0 Å². The maximum Gasteiger partial charge on any atom is 0.219 e. The van der Waals surface area contributed by atoms with Gasteiger partial charge in [-0.1, -0.05) is 0 Å². The van der Waals surface area contributed by atoms with E-state index in [0.717, 1.165) is 5.82 Å². The highest BCUT2D eigenvalue weighted by Crippen LogP contribution is 2.07. The Balaban J connectivity index is 2.74. The SMILES string of the molecule is CC(=O)N(C)Cc1nnc(Br)n1C. The Kier molecular flexibility index (Phi) is 3.02. The van der Waals surface area contributed by atoms with Gasteiger partial charge in [-0.3, -0.25) is 4.79 Å². The van der Waals surface area contributed by atoms with Gasteiger partial charge < -0.3 is 9.47 Å². The Bertz CT molecular complexity index is 322. The summed E-state index contributed by atoms with van der Waals surface area (Å²) < 4.78 is 2.46. The molecule has 6 heteroatoms. The number of aromatic nitrogens is 3. The van der Waals surface area contributed by atoms with Gasteiger partial charge in [-0.15, -0.1) is 10.2 Å². The third kappa shape index (κ3) is 2.27. The third-order valence-corrected chi connectivity index (χ3v) is 2.52. The molecule has 0 aliphatic carbocycles. The number of hydrogen-bond donors (Lipinski definition) is 0. The van der Waals surface area contributed by atoms with Gasteiger partial charge in [0.2, 0.25) is 5.91 Å². The van der Waals surface area contributed by atoms with Crippen molar-refractivity contribution in [2.45, 2.75) is 13.5 Å². The van der Waals surface area contributed by atoms with Crippen LogP contribution < -0.4 is 0 Å². The minimum absolute atomic E-state index is 0.0131. The summed E-state index contributed by atoms with van der Waals surface area (Å²) in [5, 5.41) is 7.73. The maximum atomic E-state index is 10.9. The second kappa shape index (κ2) is 3.87. The van der Waals surface area contributed by atoms with Gasteiger partial charge in [0.25, 0.3) is 0 Å². The van der Waals surface area contributed by atoms with Crippen molar-refractivity contribution in [1.29, 1.82) is 0 Å². The van der Waals surface area contributed by atoms with Crippen molar-refractivity contribution in [1.82, 2.24) is 19.7 Å². The highest BCUT2D eigenvalue weighted by atomic mass is 79.9. The predicted molar refractivity (Wildman–Crippen MR) is 50.9 cm³/mol. The van der Waals surface area contributed by atoms with Gasteiger partial charge in [0.15, 0.2) is 10.6 Å². The number of halogens is 1. The molecule has 0 N–H and O–H groups in total. The lowest BCUT2D eigenvalue weighted by Crippen LogP contribution is -2.24. The molecule has 0 saturated heterocycles. The molecule has 0 atom stereocenters. The molecule has 0 fully saturated rings. The van der Waals surface area contributed by atoms with Crippen LogP contribution in [0.3, 0.4) is 0 Å². The smallest absolute Gasteiger partial charge is 0.219 e. The van der Waals surface area contributed by atoms with E-state index in [1.54, 1.807) is 16.5 Å². The molecule has 1 rings (SSSR count). The Hall–Kier alpha value is -0.910. The molecule has 1 aromatic heterocycles.